The van der Waals surface area contributed by atoms with Crippen LogP contribution in [-0.4, -0.2) is 29.8 Å². The van der Waals surface area contributed by atoms with Crippen molar-refractivity contribution >= 4 is 12.1 Å². The number of allylic oxidation sites excluding steroid dienone is 1. The van der Waals surface area contributed by atoms with E-state index in [4.69, 9.17) is 4.74 Å². The van der Waals surface area contributed by atoms with Crippen molar-refractivity contribution < 1.29 is 19.4 Å². The Hall–Kier alpha value is -1.52. The van der Waals surface area contributed by atoms with Gasteiger partial charge in [-0.15, -0.1) is 6.58 Å². The number of hydrogen-bond acceptors (Lipinski definition) is 3. The van der Waals surface area contributed by atoms with Crippen LogP contribution in [0.25, 0.3) is 0 Å². The van der Waals surface area contributed by atoms with E-state index in [0.717, 1.165) is 44.9 Å². The molecule has 0 aromatic carbocycles. The van der Waals surface area contributed by atoms with Gasteiger partial charge in [-0.1, -0.05) is 46.1 Å². The molecular formula is C18H31NO4. The number of hydrogen-bond donors (Lipinski definition) is 2. The quantitative estimate of drug-likeness (QED) is 0.658. The first-order valence-electron chi connectivity index (χ1n) is 8.47. The van der Waals surface area contributed by atoms with E-state index in [1.165, 1.54) is 0 Å². The van der Waals surface area contributed by atoms with Gasteiger partial charge in [0, 0.05) is 0 Å². The number of nitrogens with one attached hydrogen (secondary N) is 1. The van der Waals surface area contributed by atoms with Gasteiger partial charge in [0.25, 0.3) is 0 Å². The van der Waals surface area contributed by atoms with Crippen LogP contribution in [0, 0.1) is 10.8 Å². The van der Waals surface area contributed by atoms with Crippen molar-refractivity contribution in [3.63, 3.8) is 0 Å². The van der Waals surface area contributed by atoms with Crippen molar-refractivity contribution in [1.82, 2.24) is 5.32 Å². The van der Waals surface area contributed by atoms with Crippen LogP contribution in [0.4, 0.5) is 4.79 Å². The molecule has 1 aliphatic carbocycles. The van der Waals surface area contributed by atoms with Crippen LogP contribution >= 0.6 is 0 Å². The molecular weight excluding hydrogens is 294 g/mol. The molecule has 2 N–H and O–H groups in total. The standard InChI is InChI=1S/C18H31NO4/c1-5-6-10-17(2,3)13-23-16(22)19-14(15(20)21)18(4)11-8-7-9-12-18/h5,14H,1,6-13H2,2-4H3,(H,19,22)(H,20,21)/t14-/m1/s1. The Balaban J connectivity index is 2.58. The van der Waals surface area contributed by atoms with Crippen molar-refractivity contribution in [2.75, 3.05) is 6.61 Å². The summed E-state index contributed by atoms with van der Waals surface area (Å²) in [6.45, 7) is 9.92. The minimum atomic E-state index is -0.989. The van der Waals surface area contributed by atoms with Crippen LogP contribution < -0.4 is 5.32 Å². The lowest BCUT2D eigenvalue weighted by Crippen LogP contribution is -2.52. The Bertz CT molecular complexity index is 425. The topological polar surface area (TPSA) is 75.6 Å². The highest BCUT2D eigenvalue weighted by Gasteiger charge is 2.41. The SMILES string of the molecule is C=CCCC(C)(C)COC(=O)N[C@H](C(=O)O)C1(C)CCCCC1. The molecule has 132 valence electrons. The first-order valence-corrected chi connectivity index (χ1v) is 8.47. The summed E-state index contributed by atoms with van der Waals surface area (Å²) in [5, 5.41) is 12.1. The highest BCUT2D eigenvalue weighted by molar-refractivity contribution is 5.80. The van der Waals surface area contributed by atoms with Crippen LogP contribution in [0.3, 0.4) is 0 Å². The maximum Gasteiger partial charge on any atom is 0.407 e. The van der Waals surface area contributed by atoms with Gasteiger partial charge in [-0.25, -0.2) is 9.59 Å². The summed E-state index contributed by atoms with van der Waals surface area (Å²) in [5.74, 6) is -0.989. The molecule has 1 atom stereocenters. The highest BCUT2D eigenvalue weighted by Crippen LogP contribution is 2.39. The molecule has 1 aliphatic rings. The maximum absolute atomic E-state index is 12.0. The lowest BCUT2D eigenvalue weighted by molar-refractivity contribution is -0.143. The molecule has 1 rings (SSSR count). The van der Waals surface area contributed by atoms with Gasteiger partial charge in [-0.2, -0.15) is 0 Å². The highest BCUT2D eigenvalue weighted by atomic mass is 16.5. The minimum Gasteiger partial charge on any atom is -0.480 e. The van der Waals surface area contributed by atoms with Crippen molar-refractivity contribution in [3.05, 3.63) is 12.7 Å². The van der Waals surface area contributed by atoms with E-state index in [2.05, 4.69) is 11.9 Å². The van der Waals surface area contributed by atoms with E-state index >= 15 is 0 Å². The van der Waals surface area contributed by atoms with Gasteiger partial charge in [0.15, 0.2) is 0 Å². The van der Waals surface area contributed by atoms with E-state index in [-0.39, 0.29) is 12.0 Å². The fourth-order valence-electron chi connectivity index (χ4n) is 3.17. The number of rotatable bonds is 8. The lowest BCUT2D eigenvalue weighted by Gasteiger charge is -2.38. The molecule has 0 aromatic heterocycles. The predicted molar refractivity (Wildman–Crippen MR) is 90.3 cm³/mol. The molecule has 1 saturated carbocycles. The molecule has 0 saturated heterocycles. The van der Waals surface area contributed by atoms with Crippen molar-refractivity contribution in [2.45, 2.75) is 71.8 Å². The summed E-state index contributed by atoms with van der Waals surface area (Å²) in [6.07, 6.45) is 7.69. The predicted octanol–water partition coefficient (Wildman–Crippen LogP) is 4.13. The summed E-state index contributed by atoms with van der Waals surface area (Å²) in [4.78, 5) is 23.6. The zero-order valence-corrected chi connectivity index (χ0v) is 14.7. The van der Waals surface area contributed by atoms with Gasteiger partial charge in [-0.3, -0.25) is 0 Å². The van der Waals surface area contributed by atoms with Crippen LogP contribution in [0.2, 0.25) is 0 Å². The number of aliphatic carboxylic acids is 1. The van der Waals surface area contributed by atoms with E-state index in [9.17, 15) is 14.7 Å². The number of carbonyl (C=O) groups excluding carboxylic acids is 1. The van der Waals surface area contributed by atoms with Gasteiger partial charge in [0.2, 0.25) is 0 Å². The van der Waals surface area contributed by atoms with Crippen molar-refractivity contribution in [2.24, 2.45) is 10.8 Å². The van der Waals surface area contributed by atoms with Gasteiger partial charge < -0.3 is 15.2 Å². The average Bonchev–Trinajstić information content (AvgIpc) is 2.49. The number of alkyl carbamates (subject to hydrolysis) is 1. The van der Waals surface area contributed by atoms with E-state index < -0.39 is 23.5 Å². The molecule has 5 heteroatoms. The molecule has 5 nitrogen and oxygen atoms in total. The summed E-state index contributed by atoms with van der Waals surface area (Å²) in [5.41, 5.74) is -0.555. The normalized spacial score (nSPS) is 18.7. The monoisotopic (exact) mass is 325 g/mol. The van der Waals surface area contributed by atoms with Gasteiger partial charge >= 0.3 is 12.1 Å². The molecule has 0 unspecified atom stereocenters. The smallest absolute Gasteiger partial charge is 0.407 e. The Morgan fingerprint density at radius 1 is 1.35 bits per heavy atom. The third-order valence-corrected chi connectivity index (χ3v) is 4.82. The van der Waals surface area contributed by atoms with Crippen molar-refractivity contribution in [3.8, 4) is 0 Å². The maximum atomic E-state index is 12.0. The van der Waals surface area contributed by atoms with Crippen LogP contribution in [0.1, 0.15) is 65.7 Å². The Morgan fingerprint density at radius 2 is 1.96 bits per heavy atom. The molecule has 0 bridgehead atoms. The summed E-state index contributed by atoms with van der Waals surface area (Å²) >= 11 is 0. The molecule has 1 fully saturated rings. The van der Waals surface area contributed by atoms with E-state index in [1.54, 1.807) is 0 Å². The average molecular weight is 325 g/mol. The third-order valence-electron chi connectivity index (χ3n) is 4.82. The summed E-state index contributed by atoms with van der Waals surface area (Å²) in [6, 6.07) is -0.897. The first-order chi connectivity index (χ1) is 10.7. The Morgan fingerprint density at radius 3 is 2.48 bits per heavy atom. The fourth-order valence-corrected chi connectivity index (χ4v) is 3.17. The molecule has 0 spiro atoms. The minimum absolute atomic E-state index is 0.154. The van der Waals surface area contributed by atoms with Gasteiger partial charge in [0.1, 0.15) is 6.04 Å². The molecule has 0 radical (unpaired) electrons. The van der Waals surface area contributed by atoms with Crippen molar-refractivity contribution in [1.29, 1.82) is 0 Å². The number of carboxylic acid groups (broad SMARTS) is 1. The lowest BCUT2D eigenvalue weighted by atomic mass is 9.70. The summed E-state index contributed by atoms with van der Waals surface area (Å²) in [7, 11) is 0. The Labute approximate surface area is 139 Å². The molecule has 1 amide bonds. The second-order valence-electron chi connectivity index (χ2n) is 7.70. The second kappa shape index (κ2) is 8.37. The van der Waals surface area contributed by atoms with Crippen LogP contribution in [-0.2, 0) is 9.53 Å². The van der Waals surface area contributed by atoms with Gasteiger partial charge in [0.05, 0.1) is 6.61 Å². The third kappa shape index (κ3) is 6.24. The van der Waals surface area contributed by atoms with Gasteiger partial charge in [-0.05, 0) is 36.5 Å². The largest absolute Gasteiger partial charge is 0.480 e. The Kier molecular flexibility index (Phi) is 7.10. The fraction of sp³-hybridized carbons (Fsp3) is 0.778. The number of carboxylic acids is 1. The molecule has 0 aromatic rings. The van der Waals surface area contributed by atoms with E-state index in [0.29, 0.717) is 0 Å². The molecule has 23 heavy (non-hydrogen) atoms. The number of amides is 1. The summed E-state index contributed by atoms with van der Waals surface area (Å²) < 4.78 is 5.27. The number of ether oxygens (including phenoxy) is 1. The second-order valence-corrected chi connectivity index (χ2v) is 7.70. The van der Waals surface area contributed by atoms with E-state index in [1.807, 2.05) is 26.8 Å². The van der Waals surface area contributed by atoms with Crippen LogP contribution in [0.15, 0.2) is 12.7 Å². The first kappa shape index (κ1) is 19.5. The van der Waals surface area contributed by atoms with Crippen LogP contribution in [0.5, 0.6) is 0 Å². The molecule has 0 aliphatic heterocycles. The zero-order chi connectivity index (χ0) is 17.5. The zero-order valence-electron chi connectivity index (χ0n) is 14.7. The molecule has 0 heterocycles. The number of carbonyl (C=O) groups is 2.